The number of allylic oxidation sites excluding steroid dienone is 1. The highest BCUT2D eigenvalue weighted by Gasteiger charge is 2.30. The first kappa shape index (κ1) is 16.1. The van der Waals surface area contributed by atoms with Crippen LogP contribution in [-0.4, -0.2) is 22.2 Å². The first-order chi connectivity index (χ1) is 11.6. The molecule has 1 atom stereocenters. The van der Waals surface area contributed by atoms with Crippen molar-refractivity contribution in [3.63, 3.8) is 0 Å². The van der Waals surface area contributed by atoms with Crippen molar-refractivity contribution >= 4 is 17.0 Å². The number of aromatic nitrogens is 2. The summed E-state index contributed by atoms with van der Waals surface area (Å²) in [5.41, 5.74) is 0.903. The molecule has 3 rings (SSSR count). The van der Waals surface area contributed by atoms with Crippen molar-refractivity contribution in [2.24, 2.45) is 0 Å². The maximum atomic E-state index is 11.3. The number of para-hydroxylation sites is 1. The van der Waals surface area contributed by atoms with Gasteiger partial charge in [0.25, 0.3) is 0 Å². The van der Waals surface area contributed by atoms with Gasteiger partial charge < -0.3 is 9.84 Å². The smallest absolute Gasteiger partial charge is 0.152 e. The Morgan fingerprint density at radius 3 is 2.42 bits per heavy atom. The molecule has 1 N–H and O–H groups in total. The Morgan fingerprint density at radius 1 is 1.04 bits per heavy atom. The van der Waals surface area contributed by atoms with Gasteiger partial charge in [0.05, 0.1) is 18.3 Å². The van der Waals surface area contributed by atoms with Gasteiger partial charge in [-0.05, 0) is 43.7 Å². The summed E-state index contributed by atoms with van der Waals surface area (Å²) in [6, 6.07) is 15.1. The van der Waals surface area contributed by atoms with Crippen LogP contribution in [0.25, 0.3) is 17.0 Å². The van der Waals surface area contributed by atoms with E-state index in [1.165, 1.54) is 0 Å². The third kappa shape index (κ3) is 2.88. The van der Waals surface area contributed by atoms with Crippen molar-refractivity contribution in [1.82, 2.24) is 9.97 Å². The number of hydrogen-bond donors (Lipinski definition) is 1. The number of hydrogen-bond acceptors (Lipinski definition) is 4. The van der Waals surface area contributed by atoms with Gasteiger partial charge in [0, 0.05) is 5.39 Å². The van der Waals surface area contributed by atoms with Crippen molar-refractivity contribution in [1.29, 1.82) is 0 Å². The van der Waals surface area contributed by atoms with E-state index in [1.54, 1.807) is 14.0 Å². The molecule has 24 heavy (non-hydrogen) atoms. The first-order valence-electron chi connectivity index (χ1n) is 7.83. The van der Waals surface area contributed by atoms with E-state index in [0.717, 1.165) is 22.2 Å². The van der Waals surface area contributed by atoms with E-state index >= 15 is 0 Å². The lowest BCUT2D eigenvalue weighted by molar-refractivity contribution is 0.0989. The van der Waals surface area contributed by atoms with Crippen LogP contribution in [0.1, 0.15) is 30.9 Å². The molecular formula is C20H20N2O2. The van der Waals surface area contributed by atoms with Crippen LogP contribution in [0, 0.1) is 0 Å². The van der Waals surface area contributed by atoms with E-state index < -0.39 is 5.60 Å². The summed E-state index contributed by atoms with van der Waals surface area (Å²) in [6.07, 6.45) is 3.72. The van der Waals surface area contributed by atoms with Crippen LogP contribution in [0.3, 0.4) is 0 Å². The Kier molecular flexibility index (Phi) is 4.32. The fourth-order valence-electron chi connectivity index (χ4n) is 2.74. The fraction of sp³-hybridized carbons (Fsp3) is 0.200. The zero-order chi connectivity index (χ0) is 17.2. The second-order valence-electron chi connectivity index (χ2n) is 5.75. The minimum Gasteiger partial charge on any atom is -0.497 e. The lowest BCUT2D eigenvalue weighted by Gasteiger charge is -2.25. The predicted molar refractivity (Wildman–Crippen MR) is 95.9 cm³/mol. The van der Waals surface area contributed by atoms with Gasteiger partial charge in [-0.1, -0.05) is 36.4 Å². The number of aliphatic hydroxyl groups is 1. The number of benzene rings is 2. The molecule has 1 unspecified atom stereocenters. The molecule has 0 spiro atoms. The monoisotopic (exact) mass is 320 g/mol. The van der Waals surface area contributed by atoms with Crippen LogP contribution in [0.15, 0.2) is 54.6 Å². The topological polar surface area (TPSA) is 55.2 Å². The maximum Gasteiger partial charge on any atom is 0.152 e. The number of fused-ring (bicyclic) bond motifs is 1. The van der Waals surface area contributed by atoms with E-state index in [2.05, 4.69) is 9.97 Å². The van der Waals surface area contributed by atoms with E-state index in [0.29, 0.717) is 11.5 Å². The zero-order valence-electron chi connectivity index (χ0n) is 14.0. The van der Waals surface area contributed by atoms with E-state index in [1.807, 2.05) is 67.6 Å². The van der Waals surface area contributed by atoms with E-state index in [-0.39, 0.29) is 0 Å². The van der Waals surface area contributed by atoms with Gasteiger partial charge >= 0.3 is 0 Å². The van der Waals surface area contributed by atoms with Gasteiger partial charge in [0.2, 0.25) is 0 Å². The quantitative estimate of drug-likeness (QED) is 0.791. The number of nitrogens with zero attached hydrogens (tertiary/aromatic N) is 2. The molecule has 0 aliphatic carbocycles. The number of rotatable bonds is 4. The van der Waals surface area contributed by atoms with Crippen LogP contribution in [0.4, 0.5) is 0 Å². The predicted octanol–water partition coefficient (Wildman–Crippen LogP) is 3.93. The van der Waals surface area contributed by atoms with Crippen LogP contribution in [0.5, 0.6) is 5.75 Å². The molecule has 1 heterocycles. The van der Waals surface area contributed by atoms with Crippen LogP contribution in [-0.2, 0) is 5.60 Å². The summed E-state index contributed by atoms with van der Waals surface area (Å²) in [5.74, 6) is 1.33. The third-order valence-electron chi connectivity index (χ3n) is 4.05. The summed E-state index contributed by atoms with van der Waals surface area (Å²) in [7, 11) is 1.62. The Morgan fingerprint density at radius 2 is 1.75 bits per heavy atom. The fourth-order valence-corrected chi connectivity index (χ4v) is 2.74. The van der Waals surface area contributed by atoms with E-state index in [4.69, 9.17) is 4.74 Å². The summed E-state index contributed by atoms with van der Waals surface area (Å²) in [4.78, 5) is 9.13. The van der Waals surface area contributed by atoms with Gasteiger partial charge in [-0.25, -0.2) is 9.97 Å². The van der Waals surface area contributed by atoms with Gasteiger partial charge in [-0.15, -0.1) is 0 Å². The molecule has 0 amide bonds. The average molecular weight is 320 g/mol. The van der Waals surface area contributed by atoms with Crippen molar-refractivity contribution in [3.05, 3.63) is 71.7 Å². The molecule has 0 aliphatic rings. The zero-order valence-corrected chi connectivity index (χ0v) is 14.0. The molecule has 1 aromatic heterocycles. The molecule has 0 fully saturated rings. The van der Waals surface area contributed by atoms with Gasteiger partial charge in [-0.3, -0.25) is 0 Å². The number of methoxy groups -OCH3 is 1. The Labute approximate surface area is 141 Å². The molecule has 0 aliphatic heterocycles. The van der Waals surface area contributed by atoms with E-state index in [9.17, 15) is 5.11 Å². The lowest BCUT2D eigenvalue weighted by Crippen LogP contribution is -2.25. The molecule has 4 nitrogen and oxygen atoms in total. The van der Waals surface area contributed by atoms with Crippen LogP contribution < -0.4 is 4.74 Å². The van der Waals surface area contributed by atoms with Crippen molar-refractivity contribution in [3.8, 4) is 5.75 Å². The molecule has 0 radical (unpaired) electrons. The molecule has 2 aromatic carbocycles. The first-order valence-corrected chi connectivity index (χ1v) is 7.83. The molecule has 0 saturated heterocycles. The second kappa shape index (κ2) is 6.42. The molecule has 0 saturated carbocycles. The molecule has 3 aromatic rings. The highest BCUT2D eigenvalue weighted by molar-refractivity contribution is 5.82. The molecule has 122 valence electrons. The molecular weight excluding hydrogens is 300 g/mol. The van der Waals surface area contributed by atoms with Crippen molar-refractivity contribution in [2.45, 2.75) is 19.4 Å². The SMILES string of the molecule is C/C=C\c1nc(C(C)(O)c2ccc(OC)cc2)c2ccccc2n1. The number of ether oxygens (including phenoxy) is 1. The molecule has 0 bridgehead atoms. The van der Waals surface area contributed by atoms with Crippen LogP contribution in [0.2, 0.25) is 0 Å². The third-order valence-corrected chi connectivity index (χ3v) is 4.05. The average Bonchev–Trinajstić information content (AvgIpc) is 2.61. The van der Waals surface area contributed by atoms with Gasteiger partial charge in [-0.2, -0.15) is 0 Å². The Balaban J connectivity index is 2.21. The lowest BCUT2D eigenvalue weighted by atomic mass is 9.90. The highest BCUT2D eigenvalue weighted by Crippen LogP contribution is 2.33. The van der Waals surface area contributed by atoms with Gasteiger partial charge in [0.1, 0.15) is 11.4 Å². The maximum absolute atomic E-state index is 11.3. The summed E-state index contributed by atoms with van der Waals surface area (Å²) in [5, 5.41) is 12.1. The Hall–Kier alpha value is -2.72. The van der Waals surface area contributed by atoms with Crippen molar-refractivity contribution in [2.75, 3.05) is 7.11 Å². The molecule has 4 heteroatoms. The summed E-state index contributed by atoms with van der Waals surface area (Å²) >= 11 is 0. The van der Waals surface area contributed by atoms with Crippen molar-refractivity contribution < 1.29 is 9.84 Å². The minimum atomic E-state index is -1.24. The standard InChI is InChI=1S/C20H20N2O2/c1-4-7-18-21-17-9-6-5-8-16(17)19(22-18)20(2,23)14-10-12-15(24-3)13-11-14/h4-13,23H,1-3H3/b7-4-. The largest absolute Gasteiger partial charge is 0.497 e. The highest BCUT2D eigenvalue weighted by atomic mass is 16.5. The summed E-state index contributed by atoms with van der Waals surface area (Å²) < 4.78 is 5.19. The normalized spacial score (nSPS) is 14.0. The van der Waals surface area contributed by atoms with Gasteiger partial charge in [0.15, 0.2) is 5.82 Å². The minimum absolute atomic E-state index is 0.583. The summed E-state index contributed by atoms with van der Waals surface area (Å²) in [6.45, 7) is 3.67. The Bertz CT molecular complexity index is 884. The second-order valence-corrected chi connectivity index (χ2v) is 5.75. The van der Waals surface area contributed by atoms with Crippen LogP contribution >= 0.6 is 0 Å².